The van der Waals surface area contributed by atoms with Crippen molar-refractivity contribution in [2.75, 3.05) is 18.4 Å². The molecule has 0 atom stereocenters. The molecule has 27 heavy (non-hydrogen) atoms. The molecule has 1 aliphatic rings. The number of nitrogens with zero attached hydrogens (tertiary/aromatic N) is 2. The number of hydrogen-bond acceptors (Lipinski definition) is 4. The number of likely N-dealkylation sites (tertiary alicyclic amines) is 1. The van der Waals surface area contributed by atoms with Crippen LogP contribution in [0.2, 0.25) is 5.02 Å². The fourth-order valence-electron chi connectivity index (χ4n) is 3.09. The minimum atomic E-state index is -1.01. The molecule has 5 nitrogen and oxygen atoms in total. The molecule has 0 unspecified atom stereocenters. The van der Waals surface area contributed by atoms with E-state index in [1.807, 2.05) is 12.1 Å². The number of pyridine rings is 1. The van der Waals surface area contributed by atoms with E-state index in [9.17, 15) is 9.18 Å². The third-order valence-electron chi connectivity index (χ3n) is 4.53. The lowest BCUT2D eigenvalue weighted by Crippen LogP contribution is -2.38. The molecule has 1 aromatic carbocycles. The quantitative estimate of drug-likeness (QED) is 0.730. The molecular formula is C20H21ClFN3O2. The van der Waals surface area contributed by atoms with E-state index in [0.717, 1.165) is 44.1 Å². The number of hydrogen-bond donors (Lipinski definition) is 2. The highest BCUT2D eigenvalue weighted by molar-refractivity contribution is 6.33. The summed E-state index contributed by atoms with van der Waals surface area (Å²) in [5.74, 6) is -0.614. The van der Waals surface area contributed by atoms with Crippen molar-refractivity contribution < 1.29 is 14.3 Å². The zero-order chi connectivity index (χ0) is 19.2. The summed E-state index contributed by atoms with van der Waals surface area (Å²) in [6, 6.07) is 8.60. The van der Waals surface area contributed by atoms with Gasteiger partial charge in [0.1, 0.15) is 11.6 Å². The maximum absolute atomic E-state index is 13.0. The fourth-order valence-corrected chi connectivity index (χ4v) is 3.32. The van der Waals surface area contributed by atoms with Gasteiger partial charge in [-0.25, -0.2) is 14.2 Å². The second kappa shape index (κ2) is 8.97. The zero-order valence-corrected chi connectivity index (χ0v) is 15.5. The lowest BCUT2D eigenvalue weighted by atomic mass is 10.0. The first kappa shape index (κ1) is 19.3. The molecule has 0 spiro atoms. The monoisotopic (exact) mass is 389 g/mol. The molecule has 1 fully saturated rings. The Hall–Kier alpha value is -2.44. The van der Waals surface area contributed by atoms with Crippen molar-refractivity contribution in [2.45, 2.75) is 25.4 Å². The number of piperidine rings is 1. The molecule has 0 aliphatic carbocycles. The highest BCUT2D eigenvalue weighted by Gasteiger charge is 2.20. The van der Waals surface area contributed by atoms with Crippen molar-refractivity contribution in [3.8, 4) is 0 Å². The van der Waals surface area contributed by atoms with Crippen LogP contribution in [0.25, 0.3) is 6.08 Å². The topological polar surface area (TPSA) is 65.5 Å². The van der Waals surface area contributed by atoms with Gasteiger partial charge < -0.3 is 10.4 Å². The van der Waals surface area contributed by atoms with Gasteiger partial charge in [-0.15, -0.1) is 0 Å². The van der Waals surface area contributed by atoms with Crippen LogP contribution in [0, 0.1) is 5.82 Å². The van der Waals surface area contributed by atoms with Gasteiger partial charge >= 0.3 is 5.97 Å². The number of aromatic nitrogens is 1. The predicted molar refractivity (Wildman–Crippen MR) is 104 cm³/mol. The Morgan fingerprint density at radius 3 is 2.67 bits per heavy atom. The average Bonchev–Trinajstić information content (AvgIpc) is 2.65. The molecule has 0 amide bonds. The van der Waals surface area contributed by atoms with Gasteiger partial charge in [0.05, 0.1) is 5.02 Å². The molecule has 142 valence electrons. The minimum absolute atomic E-state index is 0.212. The van der Waals surface area contributed by atoms with Crippen molar-refractivity contribution in [1.82, 2.24) is 9.88 Å². The Morgan fingerprint density at radius 2 is 2.04 bits per heavy atom. The van der Waals surface area contributed by atoms with Crippen LogP contribution < -0.4 is 5.32 Å². The van der Waals surface area contributed by atoms with Gasteiger partial charge in [-0.3, -0.25) is 4.90 Å². The maximum Gasteiger partial charge on any atom is 0.328 e. The molecule has 3 rings (SSSR count). The van der Waals surface area contributed by atoms with Gasteiger partial charge in [-0.05, 0) is 48.2 Å². The molecule has 2 heterocycles. The van der Waals surface area contributed by atoms with Crippen LogP contribution >= 0.6 is 11.6 Å². The van der Waals surface area contributed by atoms with Gasteiger partial charge in [0.15, 0.2) is 0 Å². The number of aliphatic carboxylic acids is 1. The predicted octanol–water partition coefficient (Wildman–Crippen LogP) is 4.05. The number of carbonyl (C=O) groups is 1. The van der Waals surface area contributed by atoms with Crippen LogP contribution in [0.5, 0.6) is 0 Å². The van der Waals surface area contributed by atoms with E-state index in [1.165, 1.54) is 18.2 Å². The van der Waals surface area contributed by atoms with Crippen molar-refractivity contribution in [2.24, 2.45) is 0 Å². The van der Waals surface area contributed by atoms with Crippen LogP contribution in [-0.2, 0) is 11.3 Å². The lowest BCUT2D eigenvalue weighted by Gasteiger charge is -2.32. The summed E-state index contributed by atoms with van der Waals surface area (Å²) >= 11 is 6.27. The van der Waals surface area contributed by atoms with E-state index < -0.39 is 5.97 Å². The van der Waals surface area contributed by atoms with Crippen LogP contribution in [-0.4, -0.2) is 40.1 Å². The first-order valence-corrected chi connectivity index (χ1v) is 9.17. The zero-order valence-electron chi connectivity index (χ0n) is 14.7. The summed E-state index contributed by atoms with van der Waals surface area (Å²) in [7, 11) is 0. The molecule has 2 aromatic rings. The van der Waals surface area contributed by atoms with E-state index in [1.54, 1.807) is 12.3 Å². The molecule has 0 radical (unpaired) electrons. The van der Waals surface area contributed by atoms with E-state index >= 15 is 0 Å². The number of halogens is 2. The molecule has 7 heteroatoms. The Bertz CT molecular complexity index is 818. The molecule has 0 bridgehead atoms. The number of carboxylic acid groups (broad SMARTS) is 1. The van der Waals surface area contributed by atoms with Crippen LogP contribution in [0.3, 0.4) is 0 Å². The van der Waals surface area contributed by atoms with Crippen LogP contribution in [0.4, 0.5) is 10.2 Å². The third-order valence-corrected chi connectivity index (χ3v) is 4.82. The van der Waals surface area contributed by atoms with E-state index in [2.05, 4.69) is 15.2 Å². The van der Waals surface area contributed by atoms with Crippen molar-refractivity contribution in [3.63, 3.8) is 0 Å². The Morgan fingerprint density at radius 1 is 1.33 bits per heavy atom. The number of anilines is 1. The molecule has 1 aliphatic heterocycles. The number of rotatable bonds is 6. The summed E-state index contributed by atoms with van der Waals surface area (Å²) in [6.07, 6.45) is 6.02. The second-order valence-corrected chi connectivity index (χ2v) is 7.00. The molecule has 0 saturated carbocycles. The largest absolute Gasteiger partial charge is 0.478 e. The second-order valence-electron chi connectivity index (χ2n) is 6.59. The summed E-state index contributed by atoms with van der Waals surface area (Å²) in [4.78, 5) is 17.2. The normalized spacial score (nSPS) is 15.9. The van der Waals surface area contributed by atoms with E-state index in [0.29, 0.717) is 16.4 Å². The summed E-state index contributed by atoms with van der Waals surface area (Å²) in [5, 5.41) is 12.5. The summed E-state index contributed by atoms with van der Waals surface area (Å²) in [5.41, 5.74) is 1.75. The minimum Gasteiger partial charge on any atom is -0.478 e. The highest BCUT2D eigenvalue weighted by Crippen LogP contribution is 2.24. The Balaban J connectivity index is 1.51. The van der Waals surface area contributed by atoms with Gasteiger partial charge in [-0.1, -0.05) is 23.7 Å². The van der Waals surface area contributed by atoms with Crippen LogP contribution in [0.15, 0.2) is 42.6 Å². The fraction of sp³-hybridized carbons (Fsp3) is 0.300. The SMILES string of the molecule is O=C(O)/C=C/c1cnc(NC2CCN(Cc3ccc(F)cc3)CC2)c(Cl)c1. The van der Waals surface area contributed by atoms with Gasteiger partial charge in [0.25, 0.3) is 0 Å². The average molecular weight is 390 g/mol. The molecule has 2 N–H and O–H groups in total. The Labute approximate surface area is 162 Å². The van der Waals surface area contributed by atoms with Crippen LogP contribution in [0.1, 0.15) is 24.0 Å². The van der Waals surface area contributed by atoms with Gasteiger partial charge in [0, 0.05) is 37.9 Å². The van der Waals surface area contributed by atoms with E-state index in [-0.39, 0.29) is 11.9 Å². The van der Waals surface area contributed by atoms with Crippen molar-refractivity contribution in [1.29, 1.82) is 0 Å². The van der Waals surface area contributed by atoms with Crippen molar-refractivity contribution >= 4 is 29.5 Å². The molecular weight excluding hydrogens is 369 g/mol. The number of nitrogens with one attached hydrogen (secondary N) is 1. The highest BCUT2D eigenvalue weighted by atomic mass is 35.5. The molecule has 1 saturated heterocycles. The molecule has 1 aromatic heterocycles. The standard InChI is InChI=1S/C20H21ClFN3O2/c21-18-11-15(3-6-19(26)27)12-23-20(18)24-17-7-9-25(10-8-17)13-14-1-4-16(22)5-2-14/h1-6,11-12,17H,7-10,13H2,(H,23,24)(H,26,27)/b6-3+. The summed E-state index contributed by atoms with van der Waals surface area (Å²) in [6.45, 7) is 2.69. The van der Waals surface area contributed by atoms with Gasteiger partial charge in [0.2, 0.25) is 0 Å². The first-order valence-electron chi connectivity index (χ1n) is 8.79. The maximum atomic E-state index is 13.0. The number of carboxylic acids is 1. The Kier molecular flexibility index (Phi) is 6.42. The smallest absolute Gasteiger partial charge is 0.328 e. The first-order chi connectivity index (χ1) is 13.0. The summed E-state index contributed by atoms with van der Waals surface area (Å²) < 4.78 is 13.0. The third kappa shape index (κ3) is 5.77. The van der Waals surface area contributed by atoms with E-state index in [4.69, 9.17) is 16.7 Å². The van der Waals surface area contributed by atoms with Gasteiger partial charge in [-0.2, -0.15) is 0 Å². The lowest BCUT2D eigenvalue weighted by molar-refractivity contribution is -0.131. The number of benzene rings is 1. The van der Waals surface area contributed by atoms with Crippen molar-refractivity contribution in [3.05, 3.63) is 64.6 Å².